The van der Waals surface area contributed by atoms with Crippen molar-refractivity contribution < 1.29 is 19.4 Å². The van der Waals surface area contributed by atoms with Crippen LogP contribution in [0.4, 0.5) is 4.79 Å². The molecule has 1 aliphatic carbocycles. The summed E-state index contributed by atoms with van der Waals surface area (Å²) in [6.07, 6.45) is 4.27. The van der Waals surface area contributed by atoms with Crippen LogP contribution in [0.25, 0.3) is 17.2 Å². The number of carbonyl (C=O) groups excluding carboxylic acids is 2. The number of ether oxygens (including phenoxy) is 1. The molecule has 5 nitrogen and oxygen atoms in total. The number of phenols is 1. The lowest BCUT2D eigenvalue weighted by Gasteiger charge is -2.14. The van der Waals surface area contributed by atoms with E-state index in [9.17, 15) is 14.7 Å². The number of fused-ring (bicyclic) bond motifs is 3. The van der Waals surface area contributed by atoms with Crippen LogP contribution in [-0.2, 0) is 4.74 Å². The van der Waals surface area contributed by atoms with Gasteiger partial charge in [0.1, 0.15) is 12.4 Å². The van der Waals surface area contributed by atoms with E-state index >= 15 is 0 Å². The highest BCUT2D eigenvalue weighted by molar-refractivity contribution is 5.82. The Labute approximate surface area is 181 Å². The lowest BCUT2D eigenvalue weighted by Crippen LogP contribution is -2.26. The van der Waals surface area contributed by atoms with Crippen molar-refractivity contribution in [1.82, 2.24) is 5.32 Å². The van der Waals surface area contributed by atoms with Crippen LogP contribution >= 0.6 is 0 Å². The average Bonchev–Trinajstić information content (AvgIpc) is 3.12. The average molecular weight is 413 g/mol. The zero-order valence-electron chi connectivity index (χ0n) is 17.0. The normalized spacial score (nSPS) is 12.4. The minimum Gasteiger partial charge on any atom is -0.507 e. The van der Waals surface area contributed by atoms with Gasteiger partial charge in [-0.3, -0.25) is 4.79 Å². The highest BCUT2D eigenvalue weighted by Crippen LogP contribution is 2.44. The molecule has 3 aromatic rings. The molecule has 1 amide bonds. The fourth-order valence-electron chi connectivity index (χ4n) is 3.93. The van der Waals surface area contributed by atoms with Crippen molar-refractivity contribution in [2.45, 2.75) is 12.3 Å². The molecule has 0 spiro atoms. The predicted molar refractivity (Wildman–Crippen MR) is 120 cm³/mol. The number of benzene rings is 3. The van der Waals surface area contributed by atoms with Crippen molar-refractivity contribution in [3.8, 4) is 16.9 Å². The van der Waals surface area contributed by atoms with E-state index in [1.54, 1.807) is 24.3 Å². The maximum atomic E-state index is 12.2. The highest BCUT2D eigenvalue weighted by atomic mass is 16.5. The Morgan fingerprint density at radius 2 is 1.58 bits per heavy atom. The van der Waals surface area contributed by atoms with Gasteiger partial charge in [-0.15, -0.1) is 0 Å². The molecule has 0 saturated carbocycles. The molecule has 0 fully saturated rings. The highest BCUT2D eigenvalue weighted by Gasteiger charge is 2.28. The van der Waals surface area contributed by atoms with Gasteiger partial charge in [0.25, 0.3) is 0 Å². The van der Waals surface area contributed by atoms with E-state index in [0.29, 0.717) is 24.8 Å². The predicted octanol–water partition coefficient (Wildman–Crippen LogP) is 5.15. The molecule has 0 atom stereocenters. The fraction of sp³-hybridized carbons (Fsp3) is 0.154. The van der Waals surface area contributed by atoms with Crippen molar-refractivity contribution in [3.05, 3.63) is 95.1 Å². The Morgan fingerprint density at radius 1 is 0.935 bits per heavy atom. The van der Waals surface area contributed by atoms with E-state index in [2.05, 4.69) is 29.6 Å². The van der Waals surface area contributed by atoms with E-state index in [4.69, 9.17) is 4.74 Å². The number of rotatable bonds is 7. The number of para-hydroxylation sites is 1. The second-order valence-corrected chi connectivity index (χ2v) is 7.35. The molecule has 0 bridgehead atoms. The summed E-state index contributed by atoms with van der Waals surface area (Å²) in [5, 5.41) is 12.7. The van der Waals surface area contributed by atoms with Crippen LogP contribution in [0.5, 0.6) is 5.75 Å². The Bertz CT molecular complexity index is 1090. The number of carbonyl (C=O) groups is 2. The number of amides is 1. The SMILES string of the molecule is O=Cc1cccc(C=CCCNC(=O)OCC2c3ccccc3-c3ccccc32)c1O. The third-order valence-electron chi connectivity index (χ3n) is 5.45. The van der Waals surface area contributed by atoms with Crippen molar-refractivity contribution >= 4 is 18.5 Å². The van der Waals surface area contributed by atoms with Crippen LogP contribution in [0.1, 0.15) is 39.4 Å². The van der Waals surface area contributed by atoms with Gasteiger partial charge in [0.15, 0.2) is 6.29 Å². The van der Waals surface area contributed by atoms with Crippen molar-refractivity contribution in [2.75, 3.05) is 13.2 Å². The first-order valence-electron chi connectivity index (χ1n) is 10.2. The Hall–Kier alpha value is -3.86. The quantitative estimate of drug-likeness (QED) is 0.415. The number of hydrogen-bond donors (Lipinski definition) is 2. The van der Waals surface area contributed by atoms with Crippen LogP contribution in [-0.4, -0.2) is 30.6 Å². The number of alkyl carbamates (subject to hydrolysis) is 1. The van der Waals surface area contributed by atoms with E-state index < -0.39 is 6.09 Å². The summed E-state index contributed by atoms with van der Waals surface area (Å²) in [5.74, 6) is -0.00985. The van der Waals surface area contributed by atoms with Crippen molar-refractivity contribution in [3.63, 3.8) is 0 Å². The molecule has 5 heteroatoms. The number of hydrogen-bond acceptors (Lipinski definition) is 4. The van der Waals surface area contributed by atoms with Gasteiger partial charge < -0.3 is 15.2 Å². The van der Waals surface area contributed by atoms with E-state index in [1.807, 2.05) is 30.3 Å². The molecule has 3 aromatic carbocycles. The zero-order valence-corrected chi connectivity index (χ0v) is 17.0. The van der Waals surface area contributed by atoms with Gasteiger partial charge in [0, 0.05) is 18.0 Å². The van der Waals surface area contributed by atoms with Crippen LogP contribution in [0.3, 0.4) is 0 Å². The topological polar surface area (TPSA) is 75.6 Å². The van der Waals surface area contributed by atoms with Gasteiger partial charge in [0.2, 0.25) is 0 Å². The summed E-state index contributed by atoms with van der Waals surface area (Å²) in [4.78, 5) is 23.0. The molecule has 1 aliphatic rings. The summed E-state index contributed by atoms with van der Waals surface area (Å²) >= 11 is 0. The minimum atomic E-state index is -0.457. The molecular weight excluding hydrogens is 390 g/mol. The number of aldehydes is 1. The van der Waals surface area contributed by atoms with Gasteiger partial charge in [-0.25, -0.2) is 4.79 Å². The number of aromatic hydroxyl groups is 1. The summed E-state index contributed by atoms with van der Waals surface area (Å²) in [6, 6.07) is 21.4. The second kappa shape index (κ2) is 9.30. The zero-order chi connectivity index (χ0) is 21.6. The molecule has 0 heterocycles. The molecule has 0 aliphatic heterocycles. The first-order valence-corrected chi connectivity index (χ1v) is 10.2. The molecule has 0 radical (unpaired) electrons. The lowest BCUT2D eigenvalue weighted by molar-refractivity contribution is 0.112. The maximum absolute atomic E-state index is 12.2. The van der Waals surface area contributed by atoms with E-state index in [1.165, 1.54) is 22.3 Å². The van der Waals surface area contributed by atoms with Gasteiger partial charge in [-0.2, -0.15) is 0 Å². The Morgan fingerprint density at radius 3 is 2.26 bits per heavy atom. The lowest BCUT2D eigenvalue weighted by atomic mass is 9.98. The van der Waals surface area contributed by atoms with Crippen LogP contribution in [0.2, 0.25) is 0 Å². The third kappa shape index (κ3) is 4.36. The number of phenolic OH excluding ortho intramolecular Hbond substituents is 1. The Kier molecular flexibility index (Phi) is 6.13. The van der Waals surface area contributed by atoms with Crippen molar-refractivity contribution in [1.29, 1.82) is 0 Å². The van der Waals surface area contributed by atoms with Gasteiger partial charge >= 0.3 is 6.09 Å². The fourth-order valence-corrected chi connectivity index (χ4v) is 3.93. The summed E-state index contributed by atoms with van der Waals surface area (Å²) in [7, 11) is 0. The van der Waals surface area contributed by atoms with Gasteiger partial charge in [-0.05, 0) is 34.7 Å². The second-order valence-electron chi connectivity index (χ2n) is 7.35. The largest absolute Gasteiger partial charge is 0.507 e. The van der Waals surface area contributed by atoms with Crippen LogP contribution in [0, 0.1) is 0 Å². The molecule has 156 valence electrons. The molecule has 0 unspecified atom stereocenters. The van der Waals surface area contributed by atoms with Crippen LogP contribution < -0.4 is 5.32 Å². The smallest absolute Gasteiger partial charge is 0.407 e. The van der Waals surface area contributed by atoms with Crippen molar-refractivity contribution in [2.24, 2.45) is 0 Å². The Balaban J connectivity index is 1.28. The first kappa shape index (κ1) is 20.4. The van der Waals surface area contributed by atoms with E-state index in [-0.39, 0.29) is 23.8 Å². The molecule has 0 saturated heterocycles. The summed E-state index contributed by atoms with van der Waals surface area (Å²) in [5.41, 5.74) is 5.55. The monoisotopic (exact) mass is 413 g/mol. The van der Waals surface area contributed by atoms with Gasteiger partial charge in [-0.1, -0.05) is 72.8 Å². The van der Waals surface area contributed by atoms with E-state index in [0.717, 1.165) is 0 Å². The van der Waals surface area contributed by atoms with Crippen LogP contribution in [0.15, 0.2) is 72.8 Å². The molecular formula is C26H23NO4. The summed E-state index contributed by atoms with van der Waals surface area (Å²) in [6.45, 7) is 0.684. The van der Waals surface area contributed by atoms with Gasteiger partial charge in [0.05, 0.1) is 5.56 Å². The minimum absolute atomic E-state index is 0.0334. The standard InChI is InChI=1S/C26H23NO4/c28-16-19-10-7-9-18(25(19)29)8-5-6-15-27-26(30)31-17-24-22-13-3-1-11-20(22)21-12-2-4-14-23(21)24/h1-5,7-14,16,24,29H,6,15,17H2,(H,27,30). The molecule has 4 rings (SSSR count). The third-order valence-corrected chi connectivity index (χ3v) is 5.45. The molecule has 31 heavy (non-hydrogen) atoms. The summed E-state index contributed by atoms with van der Waals surface area (Å²) < 4.78 is 5.50. The first-order chi connectivity index (χ1) is 15.2. The number of nitrogens with one attached hydrogen (secondary N) is 1. The molecule has 0 aromatic heterocycles. The molecule has 2 N–H and O–H groups in total. The maximum Gasteiger partial charge on any atom is 0.407 e.